The van der Waals surface area contributed by atoms with Crippen molar-refractivity contribution in [2.24, 2.45) is 5.92 Å². The third-order valence-corrected chi connectivity index (χ3v) is 18.5. The van der Waals surface area contributed by atoms with E-state index in [1.54, 1.807) is 26.0 Å². The quantitative estimate of drug-likeness (QED) is 0.0429. The summed E-state index contributed by atoms with van der Waals surface area (Å²) in [4.78, 5) is 41.2. The lowest BCUT2D eigenvalue weighted by Gasteiger charge is -2.34. The summed E-state index contributed by atoms with van der Waals surface area (Å²) in [7, 11) is 2.13. The predicted octanol–water partition coefficient (Wildman–Crippen LogP) is 15.4. The molecule has 21 heteroatoms. The minimum absolute atomic E-state index is 0.0377. The molecule has 0 spiro atoms. The molecule has 2 fully saturated rings. The number of carbonyl (C=O) groups is 2. The van der Waals surface area contributed by atoms with Crippen LogP contribution in [0.3, 0.4) is 0 Å². The van der Waals surface area contributed by atoms with Crippen molar-refractivity contribution in [3.8, 4) is 22.8 Å². The van der Waals surface area contributed by atoms with E-state index in [2.05, 4.69) is 51.7 Å². The summed E-state index contributed by atoms with van der Waals surface area (Å²) >= 11 is 12.3. The molecular formula is C73H79Cl2F6N9O4. The lowest BCUT2D eigenvalue weighted by Crippen LogP contribution is -2.44. The molecule has 4 N–H and O–H groups in total. The number of hydrogen-bond donors (Lipinski definition) is 4. The van der Waals surface area contributed by atoms with Crippen LogP contribution >= 0.6 is 23.2 Å². The van der Waals surface area contributed by atoms with Gasteiger partial charge in [0, 0.05) is 106 Å². The average molecular weight is 1330 g/mol. The van der Waals surface area contributed by atoms with Crippen molar-refractivity contribution in [1.29, 1.82) is 0 Å². The van der Waals surface area contributed by atoms with E-state index in [1.165, 1.54) is 56.4 Å². The van der Waals surface area contributed by atoms with Gasteiger partial charge in [-0.1, -0.05) is 84.9 Å². The van der Waals surface area contributed by atoms with E-state index in [4.69, 9.17) is 33.2 Å². The van der Waals surface area contributed by atoms with E-state index in [0.29, 0.717) is 72.3 Å². The third kappa shape index (κ3) is 17.8. The van der Waals surface area contributed by atoms with Gasteiger partial charge >= 0.3 is 12.4 Å². The molecule has 7 aromatic carbocycles. The SMILES string of the molecule is CC(=O)CC(NCC1CCCCC1)c1ccc2c(c1)nc(-c1ccc(N(CCO)CCO)cc1)n2Cc1ccc(C(F)(F)F)cc1.CC(=O)CC(NCc1ccc(Cl)c(Cl)c1)c1ccc2c(c1)nc(-c1ccc(N3CCN(C)CC3)cc1)n2Cc1ccc(C(F)(F)F)cc1. The zero-order chi connectivity index (χ0) is 66.7. The van der Waals surface area contributed by atoms with Crippen LogP contribution < -0.4 is 20.4 Å². The number of aromatic nitrogens is 4. The largest absolute Gasteiger partial charge is 0.416 e. The fourth-order valence-electron chi connectivity index (χ4n) is 12.6. The number of ketones is 2. The van der Waals surface area contributed by atoms with Gasteiger partial charge in [-0.2, -0.15) is 26.3 Å². The zero-order valence-electron chi connectivity index (χ0n) is 53.0. The van der Waals surface area contributed by atoms with Gasteiger partial charge in [-0.05, 0) is 183 Å². The molecule has 0 amide bonds. The number of imidazole rings is 2. The maximum absolute atomic E-state index is 13.3. The minimum atomic E-state index is -4.41. The molecule has 0 radical (unpaired) electrons. The van der Waals surface area contributed by atoms with Crippen molar-refractivity contribution in [2.45, 2.75) is 103 Å². The number of nitrogens with zero attached hydrogens (tertiary/aromatic N) is 7. The summed E-state index contributed by atoms with van der Waals surface area (Å²) in [6.45, 7) is 9.71. The Labute approximate surface area is 554 Å². The maximum atomic E-state index is 13.3. The standard InChI is InChI=1S/C37H36Cl2F3N5O.C36H43F3N4O3/c1-24(48)19-33(43-22-26-5-13-31(38)32(39)20-26)28-8-14-35-34(21-28)44-36(47(35)23-25-3-9-29(10-4-25)37(40,41)42)27-6-11-30(12-7-27)46-17-15-45(2)16-18-46;1-25(46)21-32(40-23-26-5-3-2-4-6-26)29-11-16-34-33(22-29)41-35(28-9-14-31(15-10-28)42(17-19-44)18-20-45)43(34)24-27-7-12-30(13-8-27)36(37,38)39/h3-14,20-21,33,43H,15-19,22-23H2,1-2H3;7-16,22,26,32,40,44-45H,2-6,17-21,23-24H2,1H3. The Kier molecular flexibility index (Phi) is 23.0. The smallest absolute Gasteiger partial charge is 0.395 e. The zero-order valence-corrected chi connectivity index (χ0v) is 54.5. The van der Waals surface area contributed by atoms with Crippen molar-refractivity contribution in [1.82, 2.24) is 34.6 Å². The van der Waals surface area contributed by atoms with Gasteiger partial charge in [0.2, 0.25) is 0 Å². The van der Waals surface area contributed by atoms with Gasteiger partial charge in [0.05, 0.1) is 56.5 Å². The molecule has 1 aliphatic heterocycles. The van der Waals surface area contributed by atoms with Crippen LogP contribution in [0.1, 0.15) is 110 Å². The van der Waals surface area contributed by atoms with Gasteiger partial charge in [0.1, 0.15) is 23.2 Å². The third-order valence-electron chi connectivity index (χ3n) is 17.7. The van der Waals surface area contributed by atoms with E-state index in [9.17, 15) is 46.1 Å². The molecule has 11 rings (SSSR count). The highest BCUT2D eigenvalue weighted by Crippen LogP contribution is 2.36. The van der Waals surface area contributed by atoms with Crippen LogP contribution in [-0.4, -0.2) is 112 Å². The normalized spacial score (nSPS) is 14.9. The molecule has 94 heavy (non-hydrogen) atoms. The van der Waals surface area contributed by atoms with Gasteiger partial charge in [0.25, 0.3) is 0 Å². The summed E-state index contributed by atoms with van der Waals surface area (Å²) in [5.41, 5.74) is 9.68. The second kappa shape index (κ2) is 31.3. The number of carbonyl (C=O) groups excluding carboxylic acids is 2. The van der Waals surface area contributed by atoms with Gasteiger partial charge in [0.15, 0.2) is 0 Å². The molecular weight excluding hydrogens is 1250 g/mol. The van der Waals surface area contributed by atoms with Crippen molar-refractivity contribution >= 4 is 68.2 Å². The summed E-state index contributed by atoms with van der Waals surface area (Å²) in [6, 6.07) is 43.4. The van der Waals surface area contributed by atoms with Crippen LogP contribution in [0, 0.1) is 5.92 Å². The molecule has 1 saturated heterocycles. The fourth-order valence-corrected chi connectivity index (χ4v) is 12.9. The van der Waals surface area contributed by atoms with Crippen LogP contribution in [0.25, 0.3) is 44.8 Å². The Morgan fingerprint density at radius 1 is 0.574 bits per heavy atom. The number of anilines is 2. The van der Waals surface area contributed by atoms with Crippen molar-refractivity contribution in [3.63, 3.8) is 0 Å². The van der Waals surface area contributed by atoms with E-state index in [1.807, 2.05) is 80.8 Å². The first-order valence-corrected chi connectivity index (χ1v) is 32.7. The Balaban J connectivity index is 0.000000205. The molecule has 0 bridgehead atoms. The highest BCUT2D eigenvalue weighted by molar-refractivity contribution is 6.42. The van der Waals surface area contributed by atoms with Gasteiger partial charge in [-0.25, -0.2) is 9.97 Å². The number of nitrogens with one attached hydrogen (secondary N) is 2. The second-order valence-corrected chi connectivity index (χ2v) is 25.5. The lowest BCUT2D eigenvalue weighted by atomic mass is 9.89. The monoisotopic (exact) mass is 1330 g/mol. The maximum Gasteiger partial charge on any atom is 0.416 e. The Bertz CT molecular complexity index is 3990. The van der Waals surface area contributed by atoms with E-state index >= 15 is 0 Å². The number of alkyl halides is 6. The number of likely N-dealkylation sites (N-methyl/N-ethyl adjacent to an activating group) is 1. The summed E-state index contributed by atoms with van der Waals surface area (Å²) in [5, 5.41) is 27.0. The molecule has 2 atom stereocenters. The number of rotatable bonds is 24. The molecule has 1 saturated carbocycles. The summed E-state index contributed by atoms with van der Waals surface area (Å²) in [5.74, 6) is 2.11. The predicted molar refractivity (Wildman–Crippen MR) is 361 cm³/mol. The Morgan fingerprint density at radius 2 is 1.04 bits per heavy atom. The fraction of sp³-hybridized carbons (Fsp3) is 0.370. The topological polar surface area (TPSA) is 144 Å². The molecule has 2 aromatic heterocycles. The first-order valence-electron chi connectivity index (χ1n) is 31.9. The number of fused-ring (bicyclic) bond motifs is 2. The first-order chi connectivity index (χ1) is 45.1. The number of aliphatic hydroxyl groups is 2. The van der Waals surface area contributed by atoms with Gasteiger partial charge in [-0.15, -0.1) is 0 Å². The van der Waals surface area contributed by atoms with E-state index in [-0.39, 0.29) is 43.3 Å². The number of halogens is 8. The molecule has 9 aromatic rings. The average Bonchev–Trinajstić information content (AvgIpc) is 1.63. The molecule has 496 valence electrons. The summed E-state index contributed by atoms with van der Waals surface area (Å²) in [6.07, 6.45) is -1.99. The van der Waals surface area contributed by atoms with Crippen LogP contribution in [0.15, 0.2) is 152 Å². The highest BCUT2D eigenvalue weighted by Gasteiger charge is 2.32. The molecule has 2 aliphatic rings. The van der Waals surface area contributed by atoms with Crippen LogP contribution in [0.4, 0.5) is 37.7 Å². The number of hydrogen-bond acceptors (Lipinski definition) is 11. The van der Waals surface area contributed by atoms with Crippen LogP contribution in [0.2, 0.25) is 10.0 Å². The first kappa shape index (κ1) is 69.2. The number of benzene rings is 7. The van der Waals surface area contributed by atoms with Crippen molar-refractivity contribution < 1.29 is 46.1 Å². The van der Waals surface area contributed by atoms with Gasteiger partial charge < -0.3 is 44.7 Å². The molecule has 13 nitrogen and oxygen atoms in total. The van der Waals surface area contributed by atoms with Crippen LogP contribution in [0.5, 0.6) is 0 Å². The van der Waals surface area contributed by atoms with Crippen LogP contribution in [-0.2, 0) is 41.6 Å². The number of Topliss-reactive ketones (excluding diaryl/α,β-unsaturated/α-hetero) is 2. The second-order valence-electron chi connectivity index (χ2n) is 24.7. The minimum Gasteiger partial charge on any atom is -0.395 e. The van der Waals surface area contributed by atoms with E-state index < -0.39 is 23.5 Å². The highest BCUT2D eigenvalue weighted by atomic mass is 35.5. The number of piperazine rings is 1. The Hall–Kier alpha value is -7.62. The van der Waals surface area contributed by atoms with Crippen molar-refractivity contribution in [2.75, 3.05) is 75.9 Å². The molecule has 1 aliphatic carbocycles. The van der Waals surface area contributed by atoms with E-state index in [0.717, 1.165) is 124 Å². The summed E-state index contributed by atoms with van der Waals surface area (Å²) < 4.78 is 83.6. The van der Waals surface area contributed by atoms with Gasteiger partial charge in [-0.3, -0.25) is 9.59 Å². The lowest BCUT2D eigenvalue weighted by molar-refractivity contribution is -0.138. The molecule has 3 heterocycles. The van der Waals surface area contributed by atoms with Crippen molar-refractivity contribution in [3.05, 3.63) is 201 Å². The number of aliphatic hydroxyl groups excluding tert-OH is 2. The Morgan fingerprint density at radius 3 is 1.50 bits per heavy atom. The molecule has 2 unspecified atom stereocenters.